The van der Waals surface area contributed by atoms with Gasteiger partial charge in [-0.05, 0) is 61.5 Å². The van der Waals surface area contributed by atoms with Crippen LogP contribution in [-0.4, -0.2) is 41.7 Å². The first-order chi connectivity index (χ1) is 14.4. The topological polar surface area (TPSA) is 84.9 Å². The van der Waals surface area contributed by atoms with E-state index in [0.29, 0.717) is 22.7 Å². The Hall–Kier alpha value is -3.26. The minimum Gasteiger partial charge on any atom is -0.493 e. The van der Waals surface area contributed by atoms with Crippen molar-refractivity contribution in [2.24, 2.45) is 0 Å². The highest BCUT2D eigenvalue weighted by molar-refractivity contribution is 8.18. The summed E-state index contributed by atoms with van der Waals surface area (Å²) in [6, 6.07) is 14.1. The third kappa shape index (κ3) is 5.21. The van der Waals surface area contributed by atoms with Gasteiger partial charge in [0.1, 0.15) is 6.54 Å². The van der Waals surface area contributed by atoms with Crippen molar-refractivity contribution < 1.29 is 23.9 Å². The van der Waals surface area contributed by atoms with Crippen molar-refractivity contribution in [1.29, 1.82) is 0 Å². The lowest BCUT2D eigenvalue weighted by molar-refractivity contribution is -0.127. The van der Waals surface area contributed by atoms with Crippen LogP contribution in [0.4, 0.5) is 10.5 Å². The number of carbonyl (C=O) groups is 3. The minimum absolute atomic E-state index is 0.0108. The van der Waals surface area contributed by atoms with E-state index in [9.17, 15) is 14.4 Å². The lowest BCUT2D eigenvalue weighted by Gasteiger charge is -2.14. The Morgan fingerprint density at radius 3 is 2.53 bits per heavy atom. The van der Waals surface area contributed by atoms with Crippen LogP contribution in [-0.2, 0) is 9.59 Å². The van der Waals surface area contributed by atoms with Crippen molar-refractivity contribution in [3.05, 3.63) is 59.0 Å². The molecular formula is C22H22N2O5S. The van der Waals surface area contributed by atoms with Crippen LogP contribution in [0.3, 0.4) is 0 Å². The molecule has 0 atom stereocenters. The zero-order chi connectivity index (χ0) is 21.7. The van der Waals surface area contributed by atoms with Gasteiger partial charge in [-0.2, -0.15) is 0 Å². The van der Waals surface area contributed by atoms with E-state index in [0.717, 1.165) is 16.7 Å². The summed E-state index contributed by atoms with van der Waals surface area (Å²) in [5, 5.41) is 2.18. The maximum Gasteiger partial charge on any atom is 0.294 e. The summed E-state index contributed by atoms with van der Waals surface area (Å²) in [6.45, 7) is 3.48. The summed E-state index contributed by atoms with van der Waals surface area (Å²) >= 11 is 0.800. The smallest absolute Gasteiger partial charge is 0.294 e. The van der Waals surface area contributed by atoms with Gasteiger partial charge in [0.25, 0.3) is 11.1 Å². The molecule has 0 radical (unpaired) electrons. The Balaban J connectivity index is 1.72. The van der Waals surface area contributed by atoms with E-state index in [1.54, 1.807) is 48.5 Å². The molecule has 3 amide bonds. The summed E-state index contributed by atoms with van der Waals surface area (Å²) in [6.07, 6.45) is 1.59. The van der Waals surface area contributed by atoms with Crippen molar-refractivity contribution >= 4 is 40.6 Å². The Morgan fingerprint density at radius 1 is 1.13 bits per heavy atom. The van der Waals surface area contributed by atoms with Gasteiger partial charge in [-0.25, -0.2) is 0 Å². The molecular weight excluding hydrogens is 404 g/mol. The number of ether oxygens (including phenoxy) is 2. The van der Waals surface area contributed by atoms with Crippen molar-refractivity contribution in [3.8, 4) is 11.5 Å². The molecule has 1 heterocycles. The monoisotopic (exact) mass is 426 g/mol. The minimum atomic E-state index is -0.505. The van der Waals surface area contributed by atoms with E-state index in [1.807, 2.05) is 19.9 Å². The molecule has 1 saturated heterocycles. The van der Waals surface area contributed by atoms with Crippen LogP contribution in [0, 0.1) is 0 Å². The molecule has 30 heavy (non-hydrogen) atoms. The second-order valence-corrected chi connectivity index (χ2v) is 7.75. The Bertz CT molecular complexity index is 988. The Kier molecular flexibility index (Phi) is 6.79. The number of amides is 3. The summed E-state index contributed by atoms with van der Waals surface area (Å²) < 4.78 is 11.0. The van der Waals surface area contributed by atoms with Gasteiger partial charge in [0.15, 0.2) is 11.5 Å². The number of para-hydroxylation sites is 1. The Labute approximate surface area is 179 Å². The van der Waals surface area contributed by atoms with Crippen LogP contribution in [0.25, 0.3) is 6.08 Å². The lowest BCUT2D eigenvalue weighted by atomic mass is 10.2. The van der Waals surface area contributed by atoms with Crippen molar-refractivity contribution in [2.45, 2.75) is 20.0 Å². The number of imide groups is 1. The molecule has 0 bridgehead atoms. The van der Waals surface area contributed by atoms with Crippen LogP contribution >= 0.6 is 11.8 Å². The fourth-order valence-electron chi connectivity index (χ4n) is 2.78. The molecule has 0 aliphatic carbocycles. The highest BCUT2D eigenvalue weighted by Gasteiger charge is 2.36. The molecule has 8 heteroatoms. The van der Waals surface area contributed by atoms with Gasteiger partial charge in [0, 0.05) is 5.69 Å². The van der Waals surface area contributed by atoms with E-state index >= 15 is 0 Å². The zero-order valence-electron chi connectivity index (χ0n) is 16.9. The first kappa shape index (κ1) is 21.4. The van der Waals surface area contributed by atoms with Gasteiger partial charge in [-0.1, -0.05) is 24.3 Å². The third-order valence-electron chi connectivity index (χ3n) is 4.08. The molecule has 1 fully saturated rings. The number of hydrogen-bond donors (Lipinski definition) is 1. The average Bonchev–Trinajstić information content (AvgIpc) is 2.96. The molecule has 2 aromatic rings. The molecule has 156 valence electrons. The van der Waals surface area contributed by atoms with Crippen LogP contribution in [0.15, 0.2) is 53.4 Å². The number of methoxy groups -OCH3 is 1. The maximum absolute atomic E-state index is 12.7. The molecule has 2 aromatic carbocycles. The fourth-order valence-corrected chi connectivity index (χ4v) is 3.62. The summed E-state index contributed by atoms with van der Waals surface area (Å²) in [5.74, 6) is 0.172. The highest BCUT2D eigenvalue weighted by atomic mass is 32.2. The molecule has 1 N–H and O–H groups in total. The van der Waals surface area contributed by atoms with Crippen LogP contribution < -0.4 is 14.8 Å². The fraction of sp³-hybridized carbons (Fsp3) is 0.227. The highest BCUT2D eigenvalue weighted by Crippen LogP contribution is 2.34. The standard InChI is InChI=1S/C22H22N2O5S/c1-14(2)29-17-10-9-15(11-18(17)28-3)12-19-21(26)24(22(27)30-19)13-20(25)23-16-7-5-4-6-8-16/h4-12,14H,13H2,1-3H3,(H,23,25)/b19-12-. The average molecular weight is 426 g/mol. The number of benzene rings is 2. The summed E-state index contributed by atoms with van der Waals surface area (Å²) in [7, 11) is 1.53. The van der Waals surface area contributed by atoms with Crippen molar-refractivity contribution in [3.63, 3.8) is 0 Å². The van der Waals surface area contributed by atoms with Crippen LogP contribution in [0.5, 0.6) is 11.5 Å². The second-order valence-electron chi connectivity index (χ2n) is 6.76. The molecule has 7 nitrogen and oxygen atoms in total. The Morgan fingerprint density at radius 2 is 1.87 bits per heavy atom. The maximum atomic E-state index is 12.7. The number of nitrogens with zero attached hydrogens (tertiary/aromatic N) is 1. The largest absolute Gasteiger partial charge is 0.493 e. The number of nitrogens with one attached hydrogen (secondary N) is 1. The first-order valence-electron chi connectivity index (χ1n) is 9.32. The molecule has 1 aliphatic rings. The normalized spacial score (nSPS) is 15.1. The molecule has 3 rings (SSSR count). The van der Waals surface area contributed by atoms with Gasteiger partial charge < -0.3 is 14.8 Å². The van der Waals surface area contributed by atoms with Gasteiger partial charge in [-0.15, -0.1) is 0 Å². The number of thioether (sulfide) groups is 1. The van der Waals surface area contributed by atoms with E-state index in [2.05, 4.69) is 5.32 Å². The third-order valence-corrected chi connectivity index (χ3v) is 4.99. The summed E-state index contributed by atoms with van der Waals surface area (Å²) in [4.78, 5) is 38.3. The van der Waals surface area contributed by atoms with E-state index in [1.165, 1.54) is 7.11 Å². The van der Waals surface area contributed by atoms with Crippen molar-refractivity contribution in [1.82, 2.24) is 4.90 Å². The quantitative estimate of drug-likeness (QED) is 0.670. The lowest BCUT2D eigenvalue weighted by Crippen LogP contribution is -2.36. The molecule has 0 saturated carbocycles. The predicted octanol–water partition coefficient (Wildman–Crippen LogP) is 4.16. The molecule has 0 spiro atoms. The number of anilines is 1. The number of rotatable bonds is 7. The SMILES string of the molecule is COc1cc(/C=C2\SC(=O)N(CC(=O)Nc3ccccc3)C2=O)ccc1OC(C)C. The van der Waals surface area contributed by atoms with Gasteiger partial charge in [-0.3, -0.25) is 19.3 Å². The van der Waals surface area contributed by atoms with E-state index < -0.39 is 17.1 Å². The second kappa shape index (κ2) is 9.49. The molecule has 1 aliphatic heterocycles. The zero-order valence-corrected chi connectivity index (χ0v) is 17.7. The van der Waals surface area contributed by atoms with Gasteiger partial charge in [0.2, 0.25) is 5.91 Å². The van der Waals surface area contributed by atoms with Gasteiger partial charge >= 0.3 is 0 Å². The van der Waals surface area contributed by atoms with Crippen LogP contribution in [0.1, 0.15) is 19.4 Å². The number of hydrogen-bond acceptors (Lipinski definition) is 6. The van der Waals surface area contributed by atoms with Crippen molar-refractivity contribution in [2.75, 3.05) is 19.0 Å². The van der Waals surface area contributed by atoms with E-state index in [4.69, 9.17) is 9.47 Å². The molecule has 0 aromatic heterocycles. The first-order valence-corrected chi connectivity index (χ1v) is 10.1. The summed E-state index contributed by atoms with van der Waals surface area (Å²) in [5.41, 5.74) is 1.28. The van der Waals surface area contributed by atoms with Crippen LogP contribution in [0.2, 0.25) is 0 Å². The number of carbonyl (C=O) groups excluding carboxylic acids is 3. The van der Waals surface area contributed by atoms with E-state index in [-0.39, 0.29) is 17.6 Å². The predicted molar refractivity (Wildman–Crippen MR) is 117 cm³/mol. The molecule has 0 unspecified atom stereocenters. The van der Waals surface area contributed by atoms with Gasteiger partial charge in [0.05, 0.1) is 18.1 Å².